The van der Waals surface area contributed by atoms with Gasteiger partial charge in [-0.15, -0.1) is 0 Å². The molecule has 1 heterocycles. The molecule has 0 saturated carbocycles. The van der Waals surface area contributed by atoms with Gasteiger partial charge in [-0.05, 0) is 18.6 Å². The van der Waals surface area contributed by atoms with Crippen molar-refractivity contribution in [3.63, 3.8) is 0 Å². The standard InChI is InChI=1S/C11H11F2NO2/c12-8-3-7(4-9(13)5-8)11(15)14-10-1-2-16-6-10/h3-5,10H,1-2,6H2,(H,14,15). The number of benzene rings is 1. The Morgan fingerprint density at radius 2 is 2.00 bits per heavy atom. The lowest BCUT2D eigenvalue weighted by atomic mass is 10.1. The van der Waals surface area contributed by atoms with Crippen LogP contribution in [0.25, 0.3) is 0 Å². The smallest absolute Gasteiger partial charge is 0.251 e. The highest BCUT2D eigenvalue weighted by atomic mass is 19.1. The van der Waals surface area contributed by atoms with Gasteiger partial charge in [-0.25, -0.2) is 8.78 Å². The molecule has 1 aromatic rings. The summed E-state index contributed by atoms with van der Waals surface area (Å²) < 4.78 is 30.8. The van der Waals surface area contributed by atoms with Gasteiger partial charge in [0, 0.05) is 18.2 Å². The van der Waals surface area contributed by atoms with Crippen LogP contribution in [0.5, 0.6) is 0 Å². The van der Waals surface area contributed by atoms with Crippen LogP contribution in [0.15, 0.2) is 18.2 Å². The van der Waals surface area contributed by atoms with E-state index in [1.807, 2.05) is 0 Å². The number of nitrogens with one attached hydrogen (secondary N) is 1. The fourth-order valence-electron chi connectivity index (χ4n) is 1.60. The zero-order valence-electron chi connectivity index (χ0n) is 8.50. The first-order chi connectivity index (χ1) is 7.65. The van der Waals surface area contributed by atoms with Gasteiger partial charge in [-0.3, -0.25) is 4.79 Å². The predicted molar refractivity (Wildman–Crippen MR) is 53.0 cm³/mol. The van der Waals surface area contributed by atoms with Gasteiger partial charge in [0.2, 0.25) is 0 Å². The zero-order valence-corrected chi connectivity index (χ0v) is 8.50. The van der Waals surface area contributed by atoms with Crippen LogP contribution in [0.4, 0.5) is 8.78 Å². The molecule has 1 aliphatic rings. The first-order valence-corrected chi connectivity index (χ1v) is 5.00. The Labute approximate surface area is 91.4 Å². The number of halogens is 2. The molecule has 1 unspecified atom stereocenters. The fraction of sp³-hybridized carbons (Fsp3) is 0.364. The average molecular weight is 227 g/mol. The molecule has 1 N–H and O–H groups in total. The van der Waals surface area contributed by atoms with E-state index in [0.29, 0.717) is 13.2 Å². The Bertz CT molecular complexity index is 383. The van der Waals surface area contributed by atoms with E-state index in [4.69, 9.17) is 4.74 Å². The molecule has 16 heavy (non-hydrogen) atoms. The highest BCUT2D eigenvalue weighted by Crippen LogP contribution is 2.09. The van der Waals surface area contributed by atoms with Crippen molar-refractivity contribution in [2.45, 2.75) is 12.5 Å². The molecule has 0 spiro atoms. The Kier molecular flexibility index (Phi) is 3.14. The minimum atomic E-state index is -0.757. The number of hydrogen-bond donors (Lipinski definition) is 1. The van der Waals surface area contributed by atoms with Gasteiger partial charge >= 0.3 is 0 Å². The molecule has 1 amide bonds. The van der Waals surface area contributed by atoms with Crippen LogP contribution in [0.2, 0.25) is 0 Å². The third kappa shape index (κ3) is 2.55. The van der Waals surface area contributed by atoms with E-state index in [-0.39, 0.29) is 11.6 Å². The maximum atomic E-state index is 12.9. The molecular weight excluding hydrogens is 216 g/mol. The lowest BCUT2D eigenvalue weighted by molar-refractivity contribution is 0.0929. The summed E-state index contributed by atoms with van der Waals surface area (Å²) >= 11 is 0. The van der Waals surface area contributed by atoms with Crippen molar-refractivity contribution in [2.75, 3.05) is 13.2 Å². The lowest BCUT2D eigenvalue weighted by Gasteiger charge is -2.10. The second kappa shape index (κ2) is 4.57. The molecule has 1 fully saturated rings. The van der Waals surface area contributed by atoms with E-state index in [1.54, 1.807) is 0 Å². The Hall–Kier alpha value is -1.49. The number of hydrogen-bond acceptors (Lipinski definition) is 2. The Morgan fingerprint density at radius 3 is 2.56 bits per heavy atom. The topological polar surface area (TPSA) is 38.3 Å². The highest BCUT2D eigenvalue weighted by Gasteiger charge is 2.19. The molecule has 86 valence electrons. The van der Waals surface area contributed by atoms with Crippen molar-refractivity contribution in [1.82, 2.24) is 5.32 Å². The van der Waals surface area contributed by atoms with Crippen LogP contribution in [0.1, 0.15) is 16.8 Å². The first kappa shape index (κ1) is 11.0. The molecule has 0 radical (unpaired) electrons. The van der Waals surface area contributed by atoms with Crippen molar-refractivity contribution < 1.29 is 18.3 Å². The summed E-state index contributed by atoms with van der Waals surface area (Å²) in [6, 6.07) is 2.68. The summed E-state index contributed by atoms with van der Waals surface area (Å²) in [5, 5.41) is 2.65. The number of amides is 1. The summed E-state index contributed by atoms with van der Waals surface area (Å²) in [5.41, 5.74) is -0.00981. The predicted octanol–water partition coefficient (Wildman–Crippen LogP) is 1.48. The fourth-order valence-corrected chi connectivity index (χ4v) is 1.60. The van der Waals surface area contributed by atoms with E-state index >= 15 is 0 Å². The Morgan fingerprint density at radius 1 is 1.31 bits per heavy atom. The zero-order chi connectivity index (χ0) is 11.5. The second-order valence-corrected chi connectivity index (χ2v) is 3.69. The molecule has 1 saturated heterocycles. The summed E-state index contributed by atoms with van der Waals surface area (Å²) in [6.45, 7) is 1.05. The molecule has 1 aliphatic heterocycles. The average Bonchev–Trinajstić information content (AvgIpc) is 2.68. The highest BCUT2D eigenvalue weighted by molar-refractivity contribution is 5.94. The van der Waals surface area contributed by atoms with Crippen molar-refractivity contribution in [1.29, 1.82) is 0 Å². The van der Waals surface area contributed by atoms with Crippen LogP contribution in [0, 0.1) is 11.6 Å². The third-order valence-electron chi connectivity index (χ3n) is 2.39. The molecule has 5 heteroatoms. The van der Waals surface area contributed by atoms with Crippen LogP contribution in [-0.2, 0) is 4.74 Å². The number of ether oxygens (including phenoxy) is 1. The molecule has 2 rings (SSSR count). The minimum Gasteiger partial charge on any atom is -0.379 e. The number of rotatable bonds is 2. The number of carbonyl (C=O) groups is 1. The van der Waals surface area contributed by atoms with E-state index in [0.717, 1.165) is 24.6 Å². The molecule has 0 bridgehead atoms. The van der Waals surface area contributed by atoms with E-state index in [9.17, 15) is 13.6 Å². The summed E-state index contributed by atoms with van der Waals surface area (Å²) in [6.07, 6.45) is 0.726. The minimum absolute atomic E-state index is 0.00981. The summed E-state index contributed by atoms with van der Waals surface area (Å²) in [7, 11) is 0. The molecular formula is C11H11F2NO2. The SMILES string of the molecule is O=C(NC1CCOC1)c1cc(F)cc(F)c1. The van der Waals surface area contributed by atoms with Gasteiger partial charge in [0.15, 0.2) is 0 Å². The normalized spacial score (nSPS) is 19.8. The largest absolute Gasteiger partial charge is 0.379 e. The van der Waals surface area contributed by atoms with Gasteiger partial charge in [-0.2, -0.15) is 0 Å². The quantitative estimate of drug-likeness (QED) is 0.831. The van der Waals surface area contributed by atoms with Crippen LogP contribution < -0.4 is 5.32 Å². The van der Waals surface area contributed by atoms with Gasteiger partial charge in [0.1, 0.15) is 11.6 Å². The molecule has 1 atom stereocenters. The van der Waals surface area contributed by atoms with Crippen LogP contribution in [-0.4, -0.2) is 25.2 Å². The van der Waals surface area contributed by atoms with E-state index in [1.165, 1.54) is 0 Å². The third-order valence-corrected chi connectivity index (χ3v) is 2.39. The van der Waals surface area contributed by atoms with Gasteiger partial charge in [-0.1, -0.05) is 0 Å². The monoisotopic (exact) mass is 227 g/mol. The van der Waals surface area contributed by atoms with E-state index < -0.39 is 17.5 Å². The van der Waals surface area contributed by atoms with Gasteiger partial charge in [0.25, 0.3) is 5.91 Å². The van der Waals surface area contributed by atoms with Crippen molar-refractivity contribution in [3.8, 4) is 0 Å². The molecule has 0 aromatic heterocycles. The second-order valence-electron chi connectivity index (χ2n) is 3.69. The molecule has 0 aliphatic carbocycles. The maximum absolute atomic E-state index is 12.9. The maximum Gasteiger partial charge on any atom is 0.251 e. The number of carbonyl (C=O) groups excluding carboxylic acids is 1. The lowest BCUT2D eigenvalue weighted by Crippen LogP contribution is -2.35. The van der Waals surface area contributed by atoms with Crippen LogP contribution >= 0.6 is 0 Å². The van der Waals surface area contributed by atoms with Crippen molar-refractivity contribution in [2.24, 2.45) is 0 Å². The summed E-state index contributed by atoms with van der Waals surface area (Å²) in [4.78, 5) is 11.6. The summed E-state index contributed by atoms with van der Waals surface area (Å²) in [5.74, 6) is -1.99. The first-order valence-electron chi connectivity index (χ1n) is 5.00. The molecule has 3 nitrogen and oxygen atoms in total. The van der Waals surface area contributed by atoms with Crippen molar-refractivity contribution >= 4 is 5.91 Å². The molecule has 1 aromatic carbocycles. The van der Waals surface area contributed by atoms with Gasteiger partial charge < -0.3 is 10.1 Å². The van der Waals surface area contributed by atoms with E-state index in [2.05, 4.69) is 5.32 Å². The Balaban J connectivity index is 2.07. The van der Waals surface area contributed by atoms with Crippen LogP contribution in [0.3, 0.4) is 0 Å². The van der Waals surface area contributed by atoms with Gasteiger partial charge in [0.05, 0.1) is 12.6 Å². The van der Waals surface area contributed by atoms with Crippen molar-refractivity contribution in [3.05, 3.63) is 35.4 Å².